The molecule has 1 N–H and O–H groups in total. The van der Waals surface area contributed by atoms with Crippen LogP contribution in [0.3, 0.4) is 0 Å². The van der Waals surface area contributed by atoms with Crippen LogP contribution in [0.4, 0.5) is 0 Å². The van der Waals surface area contributed by atoms with E-state index >= 15 is 0 Å². The van der Waals surface area contributed by atoms with Crippen LogP contribution in [0.2, 0.25) is 0 Å². The van der Waals surface area contributed by atoms with Gasteiger partial charge in [0, 0.05) is 0 Å². The molecule has 0 radical (unpaired) electrons. The third-order valence-corrected chi connectivity index (χ3v) is 4.00. The summed E-state index contributed by atoms with van der Waals surface area (Å²) >= 11 is 0. The molecule has 0 aliphatic heterocycles. The number of aromatic nitrogens is 4. The molecule has 24 heavy (non-hydrogen) atoms. The highest BCUT2D eigenvalue weighted by atomic mass is 16.4. The van der Waals surface area contributed by atoms with Gasteiger partial charge in [0.2, 0.25) is 0 Å². The minimum absolute atomic E-state index is 0.0292. The summed E-state index contributed by atoms with van der Waals surface area (Å²) in [5, 5.41) is 18.2. The Labute approximate surface area is 138 Å². The fourth-order valence-corrected chi connectivity index (χ4v) is 2.77. The van der Waals surface area contributed by atoms with Gasteiger partial charge in [-0.25, -0.2) is 9.36 Å². The summed E-state index contributed by atoms with van der Waals surface area (Å²) in [5.74, 6) is -0.970. The molecule has 124 valence electrons. The first kappa shape index (κ1) is 15.9. The maximum atomic E-state index is 12.6. The molecule has 0 spiro atoms. The van der Waals surface area contributed by atoms with Gasteiger partial charge < -0.3 is 5.11 Å². The Bertz CT molecular complexity index is 984. The Morgan fingerprint density at radius 2 is 1.79 bits per heavy atom. The average Bonchev–Trinajstić information content (AvgIpc) is 2.88. The normalized spacial score (nSPS) is 11.1. The van der Waals surface area contributed by atoms with Crippen LogP contribution in [0.25, 0.3) is 16.6 Å². The largest absolute Gasteiger partial charge is 0.481 e. The molecule has 2 aromatic heterocycles. The number of aliphatic carboxylic acids is 1. The van der Waals surface area contributed by atoms with Crippen molar-refractivity contribution in [1.29, 1.82) is 0 Å². The van der Waals surface area contributed by atoms with Gasteiger partial charge >= 0.3 is 5.97 Å². The summed E-state index contributed by atoms with van der Waals surface area (Å²) in [6, 6.07) is 7.86. The summed E-state index contributed by atoms with van der Waals surface area (Å²) in [6.45, 7) is 5.73. The number of fused-ring (bicyclic) bond motifs is 1. The van der Waals surface area contributed by atoms with Gasteiger partial charge in [0.25, 0.3) is 5.56 Å². The maximum Gasteiger partial charge on any atom is 0.305 e. The first-order valence-corrected chi connectivity index (χ1v) is 7.64. The van der Waals surface area contributed by atoms with Crippen LogP contribution in [0.15, 0.2) is 29.1 Å². The first-order chi connectivity index (χ1) is 11.4. The van der Waals surface area contributed by atoms with Gasteiger partial charge in [-0.1, -0.05) is 17.7 Å². The molecule has 0 saturated heterocycles. The molecule has 0 amide bonds. The number of rotatable bonds is 4. The van der Waals surface area contributed by atoms with E-state index in [1.807, 2.05) is 38.1 Å². The smallest absolute Gasteiger partial charge is 0.305 e. The summed E-state index contributed by atoms with van der Waals surface area (Å²) in [5.41, 5.74) is 3.44. The second-order valence-electron chi connectivity index (χ2n) is 5.81. The molecule has 0 aliphatic carbocycles. The van der Waals surface area contributed by atoms with Gasteiger partial charge in [0.15, 0.2) is 5.52 Å². The third kappa shape index (κ3) is 2.68. The fourth-order valence-electron chi connectivity index (χ4n) is 2.77. The number of aryl methyl sites for hydroxylation is 4. The Morgan fingerprint density at radius 1 is 1.12 bits per heavy atom. The van der Waals surface area contributed by atoms with E-state index in [0.717, 1.165) is 16.9 Å². The van der Waals surface area contributed by atoms with Gasteiger partial charge in [-0.05, 0) is 32.9 Å². The monoisotopic (exact) mass is 326 g/mol. The molecule has 0 fully saturated rings. The number of carboxylic acid groups (broad SMARTS) is 1. The summed E-state index contributed by atoms with van der Waals surface area (Å²) in [6.07, 6.45) is -0.157. The van der Waals surface area contributed by atoms with Gasteiger partial charge in [-0.2, -0.15) is 10.2 Å². The molecule has 3 rings (SSSR count). The molecule has 3 aromatic rings. The SMILES string of the molecule is Cc1ccc(-n2nc3c(=O)n(CCC(=O)O)nc(C)c3c2C)cc1. The van der Waals surface area contributed by atoms with Crippen molar-refractivity contribution in [1.82, 2.24) is 19.6 Å². The molecule has 7 heteroatoms. The summed E-state index contributed by atoms with van der Waals surface area (Å²) < 4.78 is 2.90. The molecule has 2 heterocycles. The number of hydrogen-bond donors (Lipinski definition) is 1. The molecular formula is C17H18N4O3. The summed E-state index contributed by atoms with van der Waals surface area (Å²) in [4.78, 5) is 23.3. The molecule has 0 bridgehead atoms. The van der Waals surface area contributed by atoms with E-state index in [4.69, 9.17) is 5.11 Å². The lowest BCUT2D eigenvalue weighted by atomic mass is 10.2. The minimum Gasteiger partial charge on any atom is -0.481 e. The molecule has 0 unspecified atom stereocenters. The first-order valence-electron chi connectivity index (χ1n) is 7.64. The molecule has 0 saturated carbocycles. The quantitative estimate of drug-likeness (QED) is 0.792. The van der Waals surface area contributed by atoms with Crippen molar-refractivity contribution < 1.29 is 9.90 Å². The van der Waals surface area contributed by atoms with Crippen molar-refractivity contribution in [3.05, 3.63) is 51.6 Å². The van der Waals surface area contributed by atoms with Crippen molar-refractivity contribution in [3.63, 3.8) is 0 Å². The van der Waals surface area contributed by atoms with E-state index in [1.165, 1.54) is 4.68 Å². The lowest BCUT2D eigenvalue weighted by molar-refractivity contribution is -0.137. The highest BCUT2D eigenvalue weighted by molar-refractivity contribution is 5.83. The van der Waals surface area contributed by atoms with E-state index in [0.29, 0.717) is 16.6 Å². The van der Waals surface area contributed by atoms with E-state index in [-0.39, 0.29) is 18.5 Å². The van der Waals surface area contributed by atoms with Crippen LogP contribution in [-0.4, -0.2) is 30.6 Å². The van der Waals surface area contributed by atoms with Crippen LogP contribution in [0.5, 0.6) is 0 Å². The van der Waals surface area contributed by atoms with Gasteiger partial charge in [-0.15, -0.1) is 0 Å². The van der Waals surface area contributed by atoms with Crippen LogP contribution in [0, 0.1) is 20.8 Å². The van der Waals surface area contributed by atoms with E-state index in [9.17, 15) is 9.59 Å². The fraction of sp³-hybridized carbons (Fsp3) is 0.294. The van der Waals surface area contributed by atoms with Crippen LogP contribution >= 0.6 is 0 Å². The highest BCUT2D eigenvalue weighted by Crippen LogP contribution is 2.21. The van der Waals surface area contributed by atoms with Gasteiger partial charge in [-0.3, -0.25) is 9.59 Å². The number of carboxylic acids is 1. The maximum absolute atomic E-state index is 12.6. The predicted molar refractivity (Wildman–Crippen MR) is 89.6 cm³/mol. The third-order valence-electron chi connectivity index (χ3n) is 4.00. The van der Waals surface area contributed by atoms with Crippen LogP contribution in [0.1, 0.15) is 23.4 Å². The number of carbonyl (C=O) groups is 1. The number of benzene rings is 1. The van der Waals surface area contributed by atoms with Gasteiger partial charge in [0.05, 0.1) is 35.4 Å². The Hall–Kier alpha value is -2.96. The highest BCUT2D eigenvalue weighted by Gasteiger charge is 2.17. The Balaban J connectivity index is 2.18. The van der Waals surface area contributed by atoms with Crippen molar-refractivity contribution in [2.75, 3.05) is 0 Å². The lowest BCUT2D eigenvalue weighted by Gasteiger charge is -2.05. The minimum atomic E-state index is -0.970. The summed E-state index contributed by atoms with van der Waals surface area (Å²) in [7, 11) is 0. The van der Waals surface area contributed by atoms with Crippen molar-refractivity contribution in [2.45, 2.75) is 33.7 Å². The van der Waals surface area contributed by atoms with Crippen molar-refractivity contribution in [2.24, 2.45) is 0 Å². The zero-order valence-corrected chi connectivity index (χ0v) is 13.8. The molecule has 0 atom stereocenters. The number of nitrogens with zero attached hydrogens (tertiary/aromatic N) is 4. The standard InChI is InChI=1S/C17H18N4O3/c1-10-4-6-13(7-5-10)21-12(3)15-11(2)18-20(9-8-14(22)23)17(24)16(15)19-21/h4-7H,8-9H2,1-3H3,(H,22,23). The Morgan fingerprint density at radius 3 is 2.42 bits per heavy atom. The Kier molecular flexibility index (Phi) is 3.92. The van der Waals surface area contributed by atoms with Crippen molar-refractivity contribution in [3.8, 4) is 5.69 Å². The molecular weight excluding hydrogens is 308 g/mol. The lowest BCUT2D eigenvalue weighted by Crippen LogP contribution is -2.25. The van der Waals surface area contributed by atoms with Crippen molar-refractivity contribution >= 4 is 16.9 Å². The van der Waals surface area contributed by atoms with Crippen LogP contribution in [-0.2, 0) is 11.3 Å². The zero-order valence-electron chi connectivity index (χ0n) is 13.8. The van der Waals surface area contributed by atoms with E-state index in [1.54, 1.807) is 11.6 Å². The van der Waals surface area contributed by atoms with Crippen LogP contribution < -0.4 is 5.56 Å². The van der Waals surface area contributed by atoms with E-state index in [2.05, 4.69) is 10.2 Å². The second kappa shape index (κ2) is 5.92. The zero-order chi connectivity index (χ0) is 17.4. The molecule has 0 aliphatic rings. The number of hydrogen-bond acceptors (Lipinski definition) is 4. The van der Waals surface area contributed by atoms with Gasteiger partial charge in [0.1, 0.15) is 0 Å². The topological polar surface area (TPSA) is 90.0 Å². The average molecular weight is 326 g/mol. The molecule has 7 nitrogen and oxygen atoms in total. The molecule has 1 aromatic carbocycles. The second-order valence-corrected chi connectivity index (χ2v) is 5.81. The predicted octanol–water partition coefficient (Wildman–Crippen LogP) is 1.98. The van der Waals surface area contributed by atoms with E-state index < -0.39 is 5.97 Å².